The highest BCUT2D eigenvalue weighted by Gasteiger charge is 2.14. The Morgan fingerprint density at radius 2 is 1.96 bits per heavy atom. The van der Waals surface area contributed by atoms with Crippen LogP contribution < -0.4 is 10.6 Å². The molecule has 2 aromatic rings. The second-order valence-corrected chi connectivity index (χ2v) is 5.53. The minimum Gasteiger partial charge on any atom is -0.508 e. The zero-order valence-corrected chi connectivity index (χ0v) is 14.9. The Balaban J connectivity index is 2.18. The van der Waals surface area contributed by atoms with Crippen molar-refractivity contribution in [3.8, 4) is 11.8 Å². The van der Waals surface area contributed by atoms with Crippen LogP contribution in [0.3, 0.4) is 0 Å². The van der Waals surface area contributed by atoms with E-state index in [1.165, 1.54) is 18.3 Å². The summed E-state index contributed by atoms with van der Waals surface area (Å²) < 4.78 is 4.99. The first-order chi connectivity index (χ1) is 13.0. The predicted molar refractivity (Wildman–Crippen MR) is 101 cm³/mol. The Kier molecular flexibility index (Phi) is 6.55. The van der Waals surface area contributed by atoms with E-state index in [2.05, 4.69) is 10.6 Å². The first kappa shape index (κ1) is 19.5. The summed E-state index contributed by atoms with van der Waals surface area (Å²) in [7, 11) is 0. The van der Waals surface area contributed by atoms with Crippen LogP contribution >= 0.6 is 0 Å². The molecule has 7 nitrogen and oxygen atoms in total. The molecule has 7 heteroatoms. The fraction of sp³-hybridized carbons (Fsp3) is 0.150. The maximum absolute atomic E-state index is 12.3. The summed E-state index contributed by atoms with van der Waals surface area (Å²) in [6, 6.07) is 12.9. The van der Waals surface area contributed by atoms with Crippen LogP contribution in [0.5, 0.6) is 5.75 Å². The zero-order valence-electron chi connectivity index (χ0n) is 14.9. The molecule has 0 unspecified atom stereocenters. The van der Waals surface area contributed by atoms with Crippen LogP contribution in [0.1, 0.15) is 22.8 Å². The van der Waals surface area contributed by atoms with Crippen LogP contribution in [0, 0.1) is 18.3 Å². The molecule has 0 fully saturated rings. The molecular weight excluding hydrogens is 346 g/mol. The Labute approximate surface area is 156 Å². The van der Waals surface area contributed by atoms with Gasteiger partial charge in [-0.1, -0.05) is 12.1 Å². The number of amides is 1. The average Bonchev–Trinajstić information content (AvgIpc) is 2.65. The van der Waals surface area contributed by atoms with Gasteiger partial charge in [-0.05, 0) is 49.7 Å². The van der Waals surface area contributed by atoms with E-state index in [-0.39, 0.29) is 17.9 Å². The Morgan fingerprint density at radius 1 is 1.22 bits per heavy atom. The standard InChI is InChI=1S/C20H19N3O4/c1-3-27-20(26)16-6-4-5-7-18(16)22-12-14(11-21)19(25)23-17-9-8-15(24)10-13(17)2/h4-10,12,22,24H,3H2,1-2H3,(H,23,25)/b14-12-. The van der Waals surface area contributed by atoms with Crippen molar-refractivity contribution >= 4 is 23.3 Å². The molecule has 27 heavy (non-hydrogen) atoms. The van der Waals surface area contributed by atoms with Gasteiger partial charge in [0.1, 0.15) is 17.4 Å². The second kappa shape index (κ2) is 9.06. The van der Waals surface area contributed by atoms with Crippen LogP contribution in [-0.4, -0.2) is 23.6 Å². The fourth-order valence-corrected chi connectivity index (χ4v) is 2.27. The van der Waals surface area contributed by atoms with Gasteiger partial charge in [0.25, 0.3) is 5.91 Å². The lowest BCUT2D eigenvalue weighted by atomic mass is 10.1. The number of carbonyl (C=O) groups excluding carboxylic acids is 2. The lowest BCUT2D eigenvalue weighted by Gasteiger charge is -2.10. The number of hydrogen-bond donors (Lipinski definition) is 3. The summed E-state index contributed by atoms with van der Waals surface area (Å²) in [5.41, 5.74) is 1.66. The first-order valence-corrected chi connectivity index (χ1v) is 8.20. The molecule has 0 aliphatic rings. The summed E-state index contributed by atoms with van der Waals surface area (Å²) in [5.74, 6) is -1.04. The average molecular weight is 365 g/mol. The third-order valence-electron chi connectivity index (χ3n) is 3.62. The number of benzene rings is 2. The summed E-state index contributed by atoms with van der Waals surface area (Å²) >= 11 is 0. The van der Waals surface area contributed by atoms with Crippen molar-refractivity contribution < 1.29 is 19.4 Å². The quantitative estimate of drug-likeness (QED) is 0.313. The number of ether oxygens (including phenoxy) is 1. The van der Waals surface area contributed by atoms with E-state index in [4.69, 9.17) is 4.74 Å². The topological polar surface area (TPSA) is 111 Å². The SMILES string of the molecule is CCOC(=O)c1ccccc1N/C=C(/C#N)C(=O)Nc1ccc(O)cc1C. The molecule has 0 radical (unpaired) electrons. The molecule has 0 aliphatic carbocycles. The molecule has 2 rings (SSSR count). The van der Waals surface area contributed by atoms with Crippen molar-refractivity contribution in [2.45, 2.75) is 13.8 Å². The van der Waals surface area contributed by atoms with Crippen LogP contribution in [-0.2, 0) is 9.53 Å². The van der Waals surface area contributed by atoms with E-state index in [9.17, 15) is 20.0 Å². The smallest absolute Gasteiger partial charge is 0.340 e. The molecule has 0 saturated carbocycles. The number of aromatic hydroxyl groups is 1. The van der Waals surface area contributed by atoms with E-state index in [0.717, 1.165) is 0 Å². The van der Waals surface area contributed by atoms with E-state index in [1.807, 2.05) is 6.07 Å². The second-order valence-electron chi connectivity index (χ2n) is 5.53. The minimum atomic E-state index is -0.618. The minimum absolute atomic E-state index is 0.0822. The summed E-state index contributed by atoms with van der Waals surface area (Å²) in [6.07, 6.45) is 1.23. The zero-order chi connectivity index (χ0) is 19.8. The number of phenols is 1. The maximum atomic E-state index is 12.3. The van der Waals surface area contributed by atoms with E-state index in [0.29, 0.717) is 22.5 Å². The monoisotopic (exact) mass is 365 g/mol. The number of anilines is 2. The lowest BCUT2D eigenvalue weighted by molar-refractivity contribution is -0.112. The van der Waals surface area contributed by atoms with Crippen LogP contribution in [0.2, 0.25) is 0 Å². The number of phenolic OH excluding ortho intramolecular Hbond substituents is 1. The molecule has 0 saturated heterocycles. The van der Waals surface area contributed by atoms with Gasteiger partial charge in [0.2, 0.25) is 0 Å². The number of carbonyl (C=O) groups is 2. The number of para-hydroxylation sites is 1. The number of hydrogen-bond acceptors (Lipinski definition) is 6. The van der Waals surface area contributed by atoms with Crippen LogP contribution in [0.25, 0.3) is 0 Å². The molecule has 0 spiro atoms. The molecule has 3 N–H and O–H groups in total. The van der Waals surface area contributed by atoms with Crippen molar-refractivity contribution in [1.29, 1.82) is 5.26 Å². The number of nitriles is 1. The van der Waals surface area contributed by atoms with Gasteiger partial charge >= 0.3 is 5.97 Å². The Bertz CT molecular complexity index is 929. The number of rotatable bonds is 6. The van der Waals surface area contributed by atoms with Gasteiger partial charge in [0, 0.05) is 11.9 Å². The van der Waals surface area contributed by atoms with Crippen molar-refractivity contribution in [2.24, 2.45) is 0 Å². The van der Waals surface area contributed by atoms with Crippen LogP contribution in [0.4, 0.5) is 11.4 Å². The van der Waals surface area contributed by atoms with Gasteiger partial charge in [0.05, 0.1) is 17.9 Å². The third kappa shape index (κ3) is 5.09. The summed E-state index contributed by atoms with van der Waals surface area (Å²) in [6.45, 7) is 3.66. The van der Waals surface area contributed by atoms with Crippen LogP contribution in [0.15, 0.2) is 54.2 Å². The van der Waals surface area contributed by atoms with E-state index >= 15 is 0 Å². The molecular formula is C20H19N3O4. The largest absolute Gasteiger partial charge is 0.508 e. The van der Waals surface area contributed by atoms with Crippen molar-refractivity contribution in [3.63, 3.8) is 0 Å². The predicted octanol–water partition coefficient (Wildman–Crippen LogP) is 3.34. The van der Waals surface area contributed by atoms with Gasteiger partial charge in [-0.2, -0.15) is 5.26 Å². The fourth-order valence-electron chi connectivity index (χ4n) is 2.27. The normalized spacial score (nSPS) is 10.6. The van der Waals surface area contributed by atoms with Gasteiger partial charge in [-0.3, -0.25) is 4.79 Å². The highest BCUT2D eigenvalue weighted by molar-refractivity contribution is 6.07. The van der Waals surface area contributed by atoms with E-state index < -0.39 is 11.9 Å². The Morgan fingerprint density at radius 3 is 2.63 bits per heavy atom. The van der Waals surface area contributed by atoms with Crippen molar-refractivity contribution in [3.05, 3.63) is 65.4 Å². The molecule has 0 bridgehead atoms. The van der Waals surface area contributed by atoms with Crippen molar-refractivity contribution in [1.82, 2.24) is 0 Å². The number of nitrogens with one attached hydrogen (secondary N) is 2. The Hall–Kier alpha value is -3.79. The highest BCUT2D eigenvalue weighted by Crippen LogP contribution is 2.21. The van der Waals surface area contributed by atoms with Gasteiger partial charge in [0.15, 0.2) is 0 Å². The molecule has 0 aliphatic heterocycles. The molecule has 0 atom stereocenters. The molecule has 0 aromatic heterocycles. The molecule has 0 heterocycles. The molecule has 138 valence electrons. The lowest BCUT2D eigenvalue weighted by Crippen LogP contribution is -2.15. The third-order valence-corrected chi connectivity index (χ3v) is 3.62. The molecule has 1 amide bonds. The highest BCUT2D eigenvalue weighted by atomic mass is 16.5. The summed E-state index contributed by atoms with van der Waals surface area (Å²) in [5, 5.41) is 24.1. The van der Waals surface area contributed by atoms with Gasteiger partial charge < -0.3 is 20.5 Å². The van der Waals surface area contributed by atoms with Gasteiger partial charge in [-0.15, -0.1) is 0 Å². The first-order valence-electron chi connectivity index (χ1n) is 8.20. The van der Waals surface area contributed by atoms with Crippen molar-refractivity contribution in [2.75, 3.05) is 17.2 Å². The summed E-state index contributed by atoms with van der Waals surface area (Å²) in [4.78, 5) is 24.3. The molecule has 2 aromatic carbocycles. The maximum Gasteiger partial charge on any atom is 0.340 e. The van der Waals surface area contributed by atoms with Gasteiger partial charge in [-0.25, -0.2) is 4.79 Å². The number of esters is 1. The number of aryl methyl sites for hydroxylation is 1. The van der Waals surface area contributed by atoms with E-state index in [1.54, 1.807) is 44.2 Å². The number of nitrogens with zero attached hydrogens (tertiary/aromatic N) is 1.